The summed E-state index contributed by atoms with van der Waals surface area (Å²) in [4.78, 5) is 21.4. The number of hydrogen-bond donors (Lipinski definition) is 1. The van der Waals surface area contributed by atoms with Gasteiger partial charge >= 0.3 is 6.09 Å². The first-order chi connectivity index (χ1) is 15.1. The van der Waals surface area contributed by atoms with Crippen LogP contribution in [0, 0.1) is 18.2 Å². The van der Waals surface area contributed by atoms with Crippen molar-refractivity contribution in [2.24, 2.45) is 0 Å². The first kappa shape index (κ1) is 23.4. The number of benzene rings is 1. The fourth-order valence-electron chi connectivity index (χ4n) is 3.50. The number of carbonyl (C=O) groups excluding carboxylic acids is 1. The van der Waals surface area contributed by atoms with Crippen LogP contribution in [0.4, 0.5) is 19.3 Å². The predicted molar refractivity (Wildman–Crippen MR) is 112 cm³/mol. The molecule has 9 heteroatoms. The van der Waals surface area contributed by atoms with Gasteiger partial charge in [0, 0.05) is 18.2 Å². The third-order valence-electron chi connectivity index (χ3n) is 5.02. The van der Waals surface area contributed by atoms with E-state index in [-0.39, 0.29) is 42.8 Å². The van der Waals surface area contributed by atoms with Crippen molar-refractivity contribution < 1.29 is 28.2 Å². The van der Waals surface area contributed by atoms with Crippen LogP contribution in [0.25, 0.3) is 4.85 Å². The van der Waals surface area contributed by atoms with E-state index >= 15 is 0 Å². The van der Waals surface area contributed by atoms with Gasteiger partial charge in [-0.2, -0.15) is 0 Å². The van der Waals surface area contributed by atoms with Crippen LogP contribution in [0.5, 0.6) is 5.75 Å². The van der Waals surface area contributed by atoms with E-state index in [1.165, 1.54) is 29.2 Å². The molecule has 1 saturated heterocycles. The van der Waals surface area contributed by atoms with Gasteiger partial charge in [0.1, 0.15) is 23.7 Å². The zero-order valence-electron chi connectivity index (χ0n) is 18.1. The highest BCUT2D eigenvalue weighted by molar-refractivity contribution is 5.69. The number of aliphatic hydroxyl groups is 1. The van der Waals surface area contributed by atoms with Crippen molar-refractivity contribution in [2.75, 3.05) is 13.2 Å². The summed E-state index contributed by atoms with van der Waals surface area (Å²) in [7, 11) is 0. The molecule has 0 bridgehead atoms. The van der Waals surface area contributed by atoms with Gasteiger partial charge in [-0.25, -0.2) is 18.4 Å². The molecule has 1 aliphatic heterocycles. The van der Waals surface area contributed by atoms with E-state index in [0.29, 0.717) is 12.1 Å². The van der Waals surface area contributed by atoms with E-state index in [4.69, 9.17) is 16.0 Å². The standard InChI is InChI=1S/C23H25F2N3O4/c1-23(2,3)32-22(30)28-11-14(9-16(28)12-29)19-7-6-17(24)20(27-19)13-31-21-8-5-15(26-4)10-18(21)25/h5-8,10,14,16,29H,9,11-13H2,1-3H3/t14?,16-/m1/s1. The summed E-state index contributed by atoms with van der Waals surface area (Å²) < 4.78 is 39.1. The summed E-state index contributed by atoms with van der Waals surface area (Å²) in [6.07, 6.45) is -0.0791. The van der Waals surface area contributed by atoms with Crippen LogP contribution in [0.2, 0.25) is 0 Å². The van der Waals surface area contributed by atoms with Gasteiger partial charge in [-0.3, -0.25) is 4.98 Å². The molecule has 1 aromatic carbocycles. The average molecular weight is 445 g/mol. The molecule has 0 radical (unpaired) electrons. The maximum Gasteiger partial charge on any atom is 0.410 e. The Balaban J connectivity index is 1.74. The Kier molecular flexibility index (Phi) is 6.94. The molecule has 32 heavy (non-hydrogen) atoms. The lowest BCUT2D eigenvalue weighted by Gasteiger charge is -2.27. The number of aromatic nitrogens is 1. The monoisotopic (exact) mass is 445 g/mol. The van der Waals surface area contributed by atoms with Gasteiger partial charge in [-0.15, -0.1) is 0 Å². The normalized spacial score (nSPS) is 18.3. The molecule has 1 aliphatic rings. The fraction of sp³-hybridized carbons (Fsp3) is 0.435. The van der Waals surface area contributed by atoms with Crippen molar-refractivity contribution in [3.05, 3.63) is 64.8 Å². The van der Waals surface area contributed by atoms with Gasteiger partial charge in [0.15, 0.2) is 17.3 Å². The Morgan fingerprint density at radius 1 is 1.28 bits per heavy atom. The lowest BCUT2D eigenvalue weighted by atomic mass is 10.0. The number of amides is 1. The van der Waals surface area contributed by atoms with Crippen LogP contribution >= 0.6 is 0 Å². The highest BCUT2D eigenvalue weighted by Gasteiger charge is 2.38. The first-order valence-corrected chi connectivity index (χ1v) is 10.2. The SMILES string of the molecule is [C-]#[N+]c1ccc(OCc2nc(C3C[C@H](CO)N(C(=O)OC(C)(C)C)C3)ccc2F)c(F)c1. The molecule has 0 aliphatic carbocycles. The molecule has 170 valence electrons. The van der Waals surface area contributed by atoms with Crippen molar-refractivity contribution in [3.63, 3.8) is 0 Å². The van der Waals surface area contributed by atoms with Gasteiger partial charge in [0.05, 0.1) is 19.2 Å². The van der Waals surface area contributed by atoms with Crippen LogP contribution in [0.1, 0.15) is 44.5 Å². The molecule has 1 N–H and O–H groups in total. The molecule has 0 saturated carbocycles. The van der Waals surface area contributed by atoms with Crippen molar-refractivity contribution >= 4 is 11.8 Å². The predicted octanol–water partition coefficient (Wildman–Crippen LogP) is 4.57. The largest absolute Gasteiger partial charge is 0.484 e. The topological polar surface area (TPSA) is 76.3 Å². The molecule has 3 rings (SSSR count). The Bertz CT molecular complexity index is 1030. The van der Waals surface area contributed by atoms with Crippen molar-refractivity contribution in [1.29, 1.82) is 0 Å². The second-order valence-electron chi connectivity index (χ2n) is 8.58. The number of pyridine rings is 1. The van der Waals surface area contributed by atoms with Crippen molar-refractivity contribution in [1.82, 2.24) is 9.88 Å². The zero-order valence-corrected chi connectivity index (χ0v) is 18.1. The van der Waals surface area contributed by atoms with Gasteiger partial charge in [0.25, 0.3) is 0 Å². The molecule has 1 amide bonds. The van der Waals surface area contributed by atoms with E-state index in [0.717, 1.165) is 6.07 Å². The summed E-state index contributed by atoms with van der Waals surface area (Å²) in [5.41, 5.74) is -0.00288. The van der Waals surface area contributed by atoms with Crippen molar-refractivity contribution in [3.8, 4) is 5.75 Å². The van der Waals surface area contributed by atoms with E-state index in [2.05, 4.69) is 9.83 Å². The highest BCUT2D eigenvalue weighted by Crippen LogP contribution is 2.32. The van der Waals surface area contributed by atoms with Crippen LogP contribution in [0.15, 0.2) is 30.3 Å². The zero-order chi connectivity index (χ0) is 23.5. The minimum atomic E-state index is -0.718. The molecular weight excluding hydrogens is 420 g/mol. The maximum atomic E-state index is 14.3. The molecule has 7 nitrogen and oxygen atoms in total. The molecule has 2 heterocycles. The molecule has 2 atom stereocenters. The minimum Gasteiger partial charge on any atom is -0.484 e. The Morgan fingerprint density at radius 3 is 2.66 bits per heavy atom. The maximum absolute atomic E-state index is 14.3. The van der Waals surface area contributed by atoms with Crippen LogP contribution < -0.4 is 4.74 Å². The van der Waals surface area contributed by atoms with E-state index in [1.807, 2.05) is 0 Å². The second-order valence-corrected chi connectivity index (χ2v) is 8.58. The summed E-state index contributed by atoms with van der Waals surface area (Å²) in [5, 5.41) is 9.72. The molecule has 1 unspecified atom stereocenters. The average Bonchev–Trinajstić information content (AvgIpc) is 3.17. The molecule has 1 aromatic heterocycles. The molecule has 1 fully saturated rings. The number of carbonyl (C=O) groups is 1. The second kappa shape index (κ2) is 9.49. The number of hydrogen-bond acceptors (Lipinski definition) is 5. The Labute approximate surface area is 185 Å². The van der Waals surface area contributed by atoms with Crippen LogP contribution in [-0.4, -0.2) is 45.9 Å². The summed E-state index contributed by atoms with van der Waals surface area (Å²) >= 11 is 0. The number of nitrogens with zero attached hydrogens (tertiary/aromatic N) is 3. The number of rotatable bonds is 5. The van der Waals surface area contributed by atoms with Gasteiger partial charge in [-0.05, 0) is 51.5 Å². The summed E-state index contributed by atoms with van der Waals surface area (Å²) in [5.74, 6) is -1.66. The third kappa shape index (κ3) is 5.51. The van der Waals surface area contributed by atoms with Crippen molar-refractivity contribution in [2.45, 2.75) is 51.4 Å². The minimum absolute atomic E-state index is 0.00702. The molecule has 2 aromatic rings. The highest BCUT2D eigenvalue weighted by atomic mass is 19.1. The number of halogens is 2. The van der Waals surface area contributed by atoms with E-state index in [9.17, 15) is 18.7 Å². The molecular formula is C23H25F2N3O4. The summed E-state index contributed by atoms with van der Waals surface area (Å²) in [6.45, 7) is 11.9. The third-order valence-corrected chi connectivity index (χ3v) is 5.02. The molecule has 0 spiro atoms. The fourth-order valence-corrected chi connectivity index (χ4v) is 3.50. The Morgan fingerprint density at radius 2 is 2.03 bits per heavy atom. The van der Waals surface area contributed by atoms with Crippen LogP contribution in [0.3, 0.4) is 0 Å². The number of aliphatic hydroxyl groups excluding tert-OH is 1. The first-order valence-electron chi connectivity index (χ1n) is 10.2. The van der Waals surface area contributed by atoms with E-state index < -0.39 is 29.4 Å². The number of likely N-dealkylation sites (tertiary alicyclic amines) is 1. The van der Waals surface area contributed by atoms with E-state index in [1.54, 1.807) is 20.8 Å². The lowest BCUT2D eigenvalue weighted by molar-refractivity contribution is 0.0174. The smallest absolute Gasteiger partial charge is 0.410 e. The van der Waals surface area contributed by atoms with Gasteiger partial charge in [0.2, 0.25) is 0 Å². The summed E-state index contributed by atoms with van der Waals surface area (Å²) in [6, 6.07) is 6.11. The quantitative estimate of drug-likeness (QED) is 0.682. The Hall–Kier alpha value is -3.25. The van der Waals surface area contributed by atoms with Gasteiger partial charge in [-0.1, -0.05) is 6.07 Å². The van der Waals surface area contributed by atoms with Gasteiger partial charge < -0.3 is 19.5 Å². The van der Waals surface area contributed by atoms with Crippen LogP contribution in [-0.2, 0) is 11.3 Å². The lowest BCUT2D eigenvalue weighted by Crippen LogP contribution is -2.41. The number of ether oxygens (including phenoxy) is 2.